The number of aromatic nitrogens is 1. The molecule has 0 aliphatic rings. The average molecular weight is 339 g/mol. The molecule has 2 rings (SSSR count). The van der Waals surface area contributed by atoms with E-state index in [2.05, 4.69) is 16.4 Å². The number of aryl methyl sites for hydroxylation is 1. The van der Waals surface area contributed by atoms with Crippen molar-refractivity contribution in [2.24, 2.45) is 5.92 Å². The maximum absolute atomic E-state index is 12.4. The van der Waals surface area contributed by atoms with Crippen LogP contribution in [0.25, 0.3) is 10.9 Å². The number of ether oxygens (including phenoxy) is 1. The van der Waals surface area contributed by atoms with Crippen LogP contribution in [0.1, 0.15) is 36.8 Å². The van der Waals surface area contributed by atoms with Crippen LogP contribution in [0.2, 0.25) is 0 Å². The van der Waals surface area contributed by atoms with E-state index in [0.29, 0.717) is 22.2 Å². The lowest BCUT2D eigenvalue weighted by atomic mass is 9.90. The molecule has 0 fully saturated rings. The van der Waals surface area contributed by atoms with Gasteiger partial charge in [-0.3, -0.25) is 9.78 Å². The normalized spacial score (nSPS) is 13.1. The number of para-hydroxylation sites is 1. The Morgan fingerprint density at radius 3 is 2.68 bits per heavy atom. The van der Waals surface area contributed by atoms with Crippen molar-refractivity contribution < 1.29 is 14.3 Å². The summed E-state index contributed by atoms with van der Waals surface area (Å²) in [6.45, 7) is 6.65. The molecule has 1 N–H and O–H groups in total. The summed E-state index contributed by atoms with van der Waals surface area (Å²) < 4.78 is 5.13. The van der Waals surface area contributed by atoms with E-state index in [1.807, 2.05) is 32.0 Å². The summed E-state index contributed by atoms with van der Waals surface area (Å²) >= 11 is 0. The topological polar surface area (TPSA) is 92.1 Å². The third-order valence-electron chi connectivity index (χ3n) is 4.18. The standard InChI is InChI=1S/C19H21N3O3/c1-12(2)19(4,11-20)22-17(23)10-25-18(24)15-9-13(3)21-16-8-6-5-7-14(15)16/h5-9,12H,10H2,1-4H3,(H,22,23)/t19-/m1/s1. The Morgan fingerprint density at radius 1 is 1.36 bits per heavy atom. The van der Waals surface area contributed by atoms with Crippen molar-refractivity contribution in [3.8, 4) is 6.07 Å². The lowest BCUT2D eigenvalue weighted by molar-refractivity contribution is -0.125. The molecule has 0 spiro atoms. The van der Waals surface area contributed by atoms with Gasteiger partial charge in [-0.05, 0) is 31.9 Å². The van der Waals surface area contributed by atoms with Gasteiger partial charge < -0.3 is 10.1 Å². The van der Waals surface area contributed by atoms with Gasteiger partial charge in [-0.2, -0.15) is 5.26 Å². The molecule has 0 aliphatic heterocycles. The van der Waals surface area contributed by atoms with Gasteiger partial charge in [0.2, 0.25) is 0 Å². The Morgan fingerprint density at radius 2 is 2.04 bits per heavy atom. The van der Waals surface area contributed by atoms with Crippen molar-refractivity contribution in [3.05, 3.63) is 41.6 Å². The Kier molecular flexibility index (Phi) is 5.38. The van der Waals surface area contributed by atoms with Gasteiger partial charge >= 0.3 is 5.97 Å². The minimum atomic E-state index is -1.01. The molecule has 0 saturated heterocycles. The fourth-order valence-electron chi connectivity index (χ4n) is 2.31. The van der Waals surface area contributed by atoms with Gasteiger partial charge in [0, 0.05) is 11.1 Å². The van der Waals surface area contributed by atoms with Gasteiger partial charge in [-0.1, -0.05) is 32.0 Å². The second-order valence-corrected chi connectivity index (χ2v) is 6.42. The summed E-state index contributed by atoms with van der Waals surface area (Å²) in [5, 5.41) is 12.5. The Hall–Kier alpha value is -2.94. The number of hydrogen-bond acceptors (Lipinski definition) is 5. The lowest BCUT2D eigenvalue weighted by Gasteiger charge is -2.27. The number of amides is 1. The van der Waals surface area contributed by atoms with Crippen molar-refractivity contribution in [1.29, 1.82) is 5.26 Å². The maximum Gasteiger partial charge on any atom is 0.339 e. The summed E-state index contributed by atoms with van der Waals surface area (Å²) in [6.07, 6.45) is 0. The number of nitrogens with one attached hydrogen (secondary N) is 1. The van der Waals surface area contributed by atoms with E-state index in [4.69, 9.17) is 4.74 Å². The first-order chi connectivity index (χ1) is 11.8. The van der Waals surface area contributed by atoms with Crippen LogP contribution >= 0.6 is 0 Å². The summed E-state index contributed by atoms with van der Waals surface area (Å²) in [5.74, 6) is -1.19. The Labute approximate surface area is 146 Å². The van der Waals surface area contributed by atoms with Crippen LogP contribution in [-0.2, 0) is 9.53 Å². The number of nitrogens with zero attached hydrogens (tertiary/aromatic N) is 2. The SMILES string of the molecule is Cc1cc(C(=O)OCC(=O)N[C@](C)(C#N)C(C)C)c2ccccc2n1. The summed E-state index contributed by atoms with van der Waals surface area (Å²) in [7, 11) is 0. The zero-order chi connectivity index (χ0) is 18.6. The molecule has 1 aromatic heterocycles. The summed E-state index contributed by atoms with van der Waals surface area (Å²) in [5.41, 5.74) is 0.731. The minimum Gasteiger partial charge on any atom is -0.452 e. The molecular formula is C19H21N3O3. The van der Waals surface area contributed by atoms with Crippen molar-refractivity contribution in [2.45, 2.75) is 33.2 Å². The molecule has 1 heterocycles. The number of carbonyl (C=O) groups is 2. The van der Waals surface area contributed by atoms with Gasteiger partial charge in [0.1, 0.15) is 5.54 Å². The first-order valence-electron chi connectivity index (χ1n) is 8.02. The van der Waals surface area contributed by atoms with Gasteiger partial charge in [-0.15, -0.1) is 0 Å². The predicted octanol–water partition coefficient (Wildman–Crippen LogP) is 2.75. The van der Waals surface area contributed by atoms with Gasteiger partial charge in [0.05, 0.1) is 17.1 Å². The smallest absolute Gasteiger partial charge is 0.339 e. The predicted molar refractivity (Wildman–Crippen MR) is 93.8 cm³/mol. The third kappa shape index (κ3) is 4.13. The molecule has 0 saturated carbocycles. The van der Waals surface area contributed by atoms with Crippen LogP contribution in [0.3, 0.4) is 0 Å². The van der Waals surface area contributed by atoms with Crippen molar-refractivity contribution >= 4 is 22.8 Å². The number of hydrogen-bond donors (Lipinski definition) is 1. The molecule has 25 heavy (non-hydrogen) atoms. The minimum absolute atomic E-state index is 0.0797. The Balaban J connectivity index is 2.11. The van der Waals surface area contributed by atoms with Crippen molar-refractivity contribution in [3.63, 3.8) is 0 Å². The molecule has 1 aromatic carbocycles. The van der Waals surface area contributed by atoms with Crippen LogP contribution in [-0.4, -0.2) is 29.0 Å². The van der Waals surface area contributed by atoms with Crippen LogP contribution in [0.5, 0.6) is 0 Å². The largest absolute Gasteiger partial charge is 0.452 e. The molecule has 2 aromatic rings. The number of esters is 1. The highest BCUT2D eigenvalue weighted by Gasteiger charge is 2.30. The second kappa shape index (κ2) is 7.31. The molecule has 1 amide bonds. The number of nitriles is 1. The van der Waals surface area contributed by atoms with E-state index in [-0.39, 0.29) is 5.92 Å². The van der Waals surface area contributed by atoms with Gasteiger partial charge in [0.15, 0.2) is 6.61 Å². The van der Waals surface area contributed by atoms with Crippen LogP contribution < -0.4 is 5.32 Å². The van der Waals surface area contributed by atoms with E-state index in [1.54, 1.807) is 26.0 Å². The molecule has 0 bridgehead atoms. The highest BCUT2D eigenvalue weighted by Crippen LogP contribution is 2.19. The van der Waals surface area contributed by atoms with E-state index < -0.39 is 24.0 Å². The fourth-order valence-corrected chi connectivity index (χ4v) is 2.31. The summed E-state index contributed by atoms with van der Waals surface area (Å²) in [4.78, 5) is 28.8. The zero-order valence-corrected chi connectivity index (χ0v) is 14.8. The molecular weight excluding hydrogens is 318 g/mol. The number of rotatable bonds is 5. The maximum atomic E-state index is 12.4. The van der Waals surface area contributed by atoms with Gasteiger partial charge in [0.25, 0.3) is 5.91 Å². The highest BCUT2D eigenvalue weighted by atomic mass is 16.5. The second-order valence-electron chi connectivity index (χ2n) is 6.42. The monoisotopic (exact) mass is 339 g/mol. The molecule has 0 aliphatic carbocycles. The van der Waals surface area contributed by atoms with Crippen LogP contribution in [0.15, 0.2) is 30.3 Å². The number of fused-ring (bicyclic) bond motifs is 1. The number of carbonyl (C=O) groups excluding carboxylic acids is 2. The van der Waals surface area contributed by atoms with Gasteiger partial charge in [-0.25, -0.2) is 4.79 Å². The molecule has 6 nitrogen and oxygen atoms in total. The zero-order valence-electron chi connectivity index (χ0n) is 14.8. The number of pyridine rings is 1. The van der Waals surface area contributed by atoms with E-state index in [0.717, 1.165) is 0 Å². The molecule has 130 valence electrons. The van der Waals surface area contributed by atoms with E-state index in [9.17, 15) is 14.9 Å². The van der Waals surface area contributed by atoms with E-state index >= 15 is 0 Å². The quantitative estimate of drug-likeness (QED) is 0.846. The number of benzene rings is 1. The van der Waals surface area contributed by atoms with Crippen LogP contribution in [0.4, 0.5) is 0 Å². The highest BCUT2D eigenvalue weighted by molar-refractivity contribution is 6.04. The molecule has 6 heteroatoms. The van der Waals surface area contributed by atoms with Crippen LogP contribution in [0, 0.1) is 24.2 Å². The first-order valence-corrected chi connectivity index (χ1v) is 8.02. The fraction of sp³-hybridized carbons (Fsp3) is 0.368. The third-order valence-corrected chi connectivity index (χ3v) is 4.18. The molecule has 1 atom stereocenters. The van der Waals surface area contributed by atoms with Crippen molar-refractivity contribution in [2.75, 3.05) is 6.61 Å². The summed E-state index contributed by atoms with van der Waals surface area (Å²) in [6, 6.07) is 11.0. The molecule has 0 unspecified atom stereocenters. The lowest BCUT2D eigenvalue weighted by Crippen LogP contribution is -2.50. The average Bonchev–Trinajstić information content (AvgIpc) is 2.58. The first kappa shape index (κ1) is 18.4. The molecule has 0 radical (unpaired) electrons. The van der Waals surface area contributed by atoms with Crippen molar-refractivity contribution in [1.82, 2.24) is 10.3 Å². The Bertz CT molecular complexity index is 855. The van der Waals surface area contributed by atoms with E-state index in [1.165, 1.54) is 0 Å².